The van der Waals surface area contributed by atoms with E-state index in [-0.39, 0.29) is 0 Å². The third-order valence-corrected chi connectivity index (χ3v) is 9.38. The Morgan fingerprint density at radius 2 is 0.722 bits per heavy atom. The zero-order chi connectivity index (χ0) is 24.1. The molecule has 8 aliphatic carbocycles. The summed E-state index contributed by atoms with van der Waals surface area (Å²) in [6, 6.07) is 27.9. The molecule has 3 heteroatoms. The average molecular weight is 487 g/mol. The van der Waals surface area contributed by atoms with Crippen LogP contribution in [0.25, 0.3) is 11.1 Å². The first-order valence-electron chi connectivity index (χ1n) is 13.5. The van der Waals surface area contributed by atoms with Crippen LogP contribution in [0, 0.1) is 0 Å². The number of hydrogen-bond acceptors (Lipinski definition) is 2. The minimum atomic E-state index is -1.91. The van der Waals surface area contributed by atoms with E-state index in [0.717, 1.165) is 62.9 Å². The average Bonchev–Trinajstić information content (AvgIpc) is 3.04. The largest absolute Gasteiger partial charge is 0.853 e. The zero-order valence-corrected chi connectivity index (χ0v) is 22.1. The van der Waals surface area contributed by atoms with Crippen LogP contribution in [0.4, 0.5) is 0 Å². The molecule has 1 aliphatic heterocycles. The van der Waals surface area contributed by atoms with Gasteiger partial charge >= 0.3 is 14.8 Å². The summed E-state index contributed by atoms with van der Waals surface area (Å²) in [5, 5.41) is 0. The molecule has 9 aliphatic rings. The van der Waals surface area contributed by atoms with Crippen molar-refractivity contribution in [1.29, 1.82) is 0 Å². The lowest BCUT2D eigenvalue weighted by atomic mass is 9.84. The summed E-state index contributed by atoms with van der Waals surface area (Å²) in [7, 11) is 0. The van der Waals surface area contributed by atoms with Gasteiger partial charge in [-0.2, -0.15) is 0 Å². The molecule has 0 fully saturated rings. The van der Waals surface area contributed by atoms with Crippen LogP contribution in [0.15, 0.2) is 72.8 Å². The van der Waals surface area contributed by atoms with E-state index in [9.17, 15) is 0 Å². The van der Waals surface area contributed by atoms with Crippen LogP contribution in [-0.4, -0.2) is 14.8 Å². The van der Waals surface area contributed by atoms with Crippen molar-refractivity contribution in [1.82, 2.24) is 0 Å². The van der Waals surface area contributed by atoms with Crippen molar-refractivity contribution in [3.05, 3.63) is 117 Å². The van der Waals surface area contributed by atoms with Gasteiger partial charge in [0.2, 0.25) is 0 Å². The Kier molecular flexibility index (Phi) is 5.65. The van der Waals surface area contributed by atoms with Gasteiger partial charge in [0.25, 0.3) is 0 Å². The van der Waals surface area contributed by atoms with Crippen LogP contribution in [0.3, 0.4) is 0 Å². The lowest BCUT2D eigenvalue weighted by molar-refractivity contribution is 0.434. The van der Waals surface area contributed by atoms with Gasteiger partial charge < -0.3 is 7.58 Å². The highest BCUT2D eigenvalue weighted by atomic mass is 27.2. The van der Waals surface area contributed by atoms with E-state index in [2.05, 4.69) is 78.6 Å². The second-order valence-electron chi connectivity index (χ2n) is 10.6. The molecule has 13 rings (SSSR count). The predicted octanol–water partition coefficient (Wildman–Crippen LogP) is 7.01. The molecule has 4 aromatic rings. The van der Waals surface area contributed by atoms with Crippen LogP contribution in [0.1, 0.15) is 44.5 Å². The quantitative estimate of drug-likeness (QED) is 0.249. The van der Waals surface area contributed by atoms with E-state index in [0.29, 0.717) is 0 Å². The van der Waals surface area contributed by atoms with Crippen molar-refractivity contribution in [2.75, 3.05) is 0 Å². The minimum Gasteiger partial charge on any atom is -0.611 e. The Balaban J connectivity index is 1.44. The number of hydrogen-bond donors (Lipinski definition) is 0. The van der Waals surface area contributed by atoms with Crippen molar-refractivity contribution < 1.29 is 7.58 Å². The first-order valence-corrected chi connectivity index (χ1v) is 15.6. The molecule has 8 bridgehead atoms. The molecule has 1 heterocycles. The molecule has 0 spiro atoms. The van der Waals surface area contributed by atoms with Gasteiger partial charge in [-0.25, -0.2) is 0 Å². The molecule has 0 radical (unpaired) electrons. The van der Waals surface area contributed by atoms with Gasteiger partial charge in [-0.3, -0.25) is 0 Å². The highest BCUT2D eigenvalue weighted by molar-refractivity contribution is 6.45. The van der Waals surface area contributed by atoms with Crippen LogP contribution in [0.2, 0.25) is 5.79 Å². The number of benzene rings is 4. The van der Waals surface area contributed by atoms with Crippen LogP contribution < -0.4 is 7.58 Å². The Morgan fingerprint density at radius 1 is 0.417 bits per heavy atom. The lowest BCUT2D eigenvalue weighted by Crippen LogP contribution is -2.25. The van der Waals surface area contributed by atoms with Gasteiger partial charge in [-0.05, 0) is 102 Å². The summed E-state index contributed by atoms with van der Waals surface area (Å²) >= 11 is -1.91. The molecule has 36 heavy (non-hydrogen) atoms. The molecule has 0 aromatic heterocycles. The third-order valence-electron chi connectivity index (χ3n) is 8.25. The lowest BCUT2D eigenvalue weighted by Gasteiger charge is -2.23. The van der Waals surface area contributed by atoms with E-state index >= 15 is 0 Å². The predicted molar refractivity (Wildman–Crippen MR) is 147 cm³/mol. The fourth-order valence-electron chi connectivity index (χ4n) is 6.18. The number of aryl methyl sites for hydroxylation is 8. The first-order chi connectivity index (χ1) is 17.7. The fourth-order valence-corrected chi connectivity index (χ4v) is 7.43. The third kappa shape index (κ3) is 4.05. The molecule has 0 N–H and O–H groups in total. The highest BCUT2D eigenvalue weighted by Crippen LogP contribution is 2.48. The van der Waals surface area contributed by atoms with Gasteiger partial charge in [-0.1, -0.05) is 72.8 Å². The second-order valence-corrected chi connectivity index (χ2v) is 12.2. The van der Waals surface area contributed by atoms with Crippen LogP contribution >= 0.6 is 0 Å². The molecular formula is C33H31AlO2. The van der Waals surface area contributed by atoms with E-state index in [4.69, 9.17) is 7.58 Å². The molecule has 0 saturated heterocycles. The van der Waals surface area contributed by atoms with Crippen LogP contribution in [0.5, 0.6) is 11.5 Å². The standard InChI is InChI=1S/C32H30O2.CH3.Al/c33-31-27-15-11-23-5-1-21(2-6-23)9-13-25(17-19-27)29(31)30-26-14-10-22-3-7-24(8-4-22)12-16-28(20-18-26)32(30)34;;/h1-8,17-20,33-34H,9-16H2;1H3;/q;;+2/p-2. The zero-order valence-electron chi connectivity index (χ0n) is 21.0. The van der Waals surface area contributed by atoms with Gasteiger partial charge in [0, 0.05) is 11.1 Å². The summed E-state index contributed by atoms with van der Waals surface area (Å²) in [5.74, 6) is 4.40. The summed E-state index contributed by atoms with van der Waals surface area (Å²) in [5.41, 5.74) is 13.7. The Morgan fingerprint density at radius 3 is 1.08 bits per heavy atom. The van der Waals surface area contributed by atoms with E-state index in [1.165, 1.54) is 55.6 Å². The summed E-state index contributed by atoms with van der Waals surface area (Å²) in [6.45, 7) is 0. The van der Waals surface area contributed by atoms with E-state index < -0.39 is 14.8 Å². The molecule has 2 nitrogen and oxygen atoms in total. The second kappa shape index (κ2) is 9.15. The van der Waals surface area contributed by atoms with Gasteiger partial charge in [0.1, 0.15) is 0 Å². The number of rotatable bonds is 0. The maximum Gasteiger partial charge on any atom is 0.853 e. The molecule has 4 aromatic carbocycles. The highest BCUT2D eigenvalue weighted by Gasteiger charge is 2.35. The topological polar surface area (TPSA) is 18.5 Å². The van der Waals surface area contributed by atoms with Crippen molar-refractivity contribution in [2.45, 2.75) is 57.2 Å². The van der Waals surface area contributed by atoms with Gasteiger partial charge in [-0.15, -0.1) is 0 Å². The molecule has 178 valence electrons. The van der Waals surface area contributed by atoms with E-state index in [1.807, 2.05) is 0 Å². The maximum absolute atomic E-state index is 6.80. The first kappa shape index (κ1) is 22.2. The van der Waals surface area contributed by atoms with Crippen molar-refractivity contribution >= 4 is 14.8 Å². The van der Waals surface area contributed by atoms with E-state index in [1.54, 1.807) is 0 Å². The molecule has 0 unspecified atom stereocenters. The summed E-state index contributed by atoms with van der Waals surface area (Å²) in [6.07, 6.45) is 8.12. The molecule has 0 atom stereocenters. The maximum atomic E-state index is 6.80. The minimum absolute atomic E-state index is 0.985. The van der Waals surface area contributed by atoms with Gasteiger partial charge in [0.15, 0.2) is 0 Å². The van der Waals surface area contributed by atoms with Crippen molar-refractivity contribution in [3.8, 4) is 22.6 Å². The normalized spacial score (nSPS) is 16.0. The monoisotopic (exact) mass is 486 g/mol. The molecule has 0 amide bonds. The van der Waals surface area contributed by atoms with Gasteiger partial charge in [0.05, 0.1) is 11.5 Å². The fraction of sp³-hybridized carbons (Fsp3) is 0.273. The molecular weight excluding hydrogens is 455 g/mol. The van der Waals surface area contributed by atoms with Crippen molar-refractivity contribution in [3.63, 3.8) is 0 Å². The Bertz CT molecular complexity index is 1330. The Hall–Kier alpha value is -2.99. The van der Waals surface area contributed by atoms with Crippen molar-refractivity contribution in [2.24, 2.45) is 0 Å². The SMILES string of the molecule is [CH3][Al]1[O]c2c3ccc(c2-c2c4ccc(c2[O]1)CCc1ccc(cc1)CC4)CCc1ccc(cc1)CC3. The summed E-state index contributed by atoms with van der Waals surface area (Å²) in [4.78, 5) is 0. The molecule has 0 saturated carbocycles. The van der Waals surface area contributed by atoms with Crippen LogP contribution in [-0.2, 0) is 51.4 Å². The Labute approximate surface area is 219 Å². The summed E-state index contributed by atoms with van der Waals surface area (Å²) < 4.78 is 13.6. The smallest absolute Gasteiger partial charge is 0.611 e.